The lowest BCUT2D eigenvalue weighted by Crippen LogP contribution is -2.36. The maximum atomic E-state index is 14.6. The Labute approximate surface area is 203 Å². The van der Waals surface area contributed by atoms with Crippen molar-refractivity contribution < 1.29 is 31.9 Å². The number of fused-ring (bicyclic) bond motifs is 1. The maximum Gasteiger partial charge on any atom is 0.251 e. The van der Waals surface area contributed by atoms with Crippen LogP contribution in [0.25, 0.3) is 0 Å². The summed E-state index contributed by atoms with van der Waals surface area (Å²) in [6.07, 6.45) is 0. The van der Waals surface area contributed by atoms with Crippen LogP contribution in [0.5, 0.6) is 0 Å². The zero-order valence-corrected chi connectivity index (χ0v) is 19.3. The molecule has 0 spiro atoms. The van der Waals surface area contributed by atoms with E-state index in [1.54, 1.807) is 19.9 Å². The van der Waals surface area contributed by atoms with E-state index in [-0.39, 0.29) is 29.1 Å². The first-order valence-electron chi connectivity index (χ1n) is 10.9. The highest BCUT2D eigenvalue weighted by atomic mass is 19.1. The molecule has 0 aromatic heterocycles. The number of benzene rings is 3. The third-order valence-corrected chi connectivity index (χ3v) is 6.24. The second-order valence-electron chi connectivity index (χ2n) is 8.91. The van der Waals surface area contributed by atoms with E-state index in [1.165, 1.54) is 29.2 Å². The summed E-state index contributed by atoms with van der Waals surface area (Å²) in [7, 11) is 0. The number of amides is 3. The van der Waals surface area contributed by atoms with Gasteiger partial charge >= 0.3 is 0 Å². The van der Waals surface area contributed by atoms with E-state index in [1.807, 2.05) is 0 Å². The molecule has 0 unspecified atom stereocenters. The smallest absolute Gasteiger partial charge is 0.251 e. The molecule has 4 rings (SSSR count). The lowest BCUT2D eigenvalue weighted by molar-refractivity contribution is -0.122. The van der Waals surface area contributed by atoms with Crippen molar-refractivity contribution in [3.8, 4) is 0 Å². The Bertz CT molecular complexity index is 1400. The van der Waals surface area contributed by atoms with Crippen LogP contribution in [0, 0.1) is 23.3 Å². The lowest BCUT2D eigenvalue weighted by atomic mass is 9.86. The molecule has 0 atom stereocenters. The Hall–Kier alpha value is -4.21. The van der Waals surface area contributed by atoms with Gasteiger partial charge in [-0.05, 0) is 43.7 Å². The SMILES string of the molecule is CC1(C)C(=O)N(Cc2c(F)cccc2C(N)=O)c2cc(C(=O)NCc3c(F)cc(F)cc3F)ccc21. The first kappa shape index (κ1) is 24.9. The summed E-state index contributed by atoms with van der Waals surface area (Å²) in [5, 5.41) is 2.37. The van der Waals surface area contributed by atoms with E-state index in [0.29, 0.717) is 23.4 Å². The van der Waals surface area contributed by atoms with Gasteiger partial charge in [0.25, 0.3) is 5.91 Å². The molecule has 0 aliphatic carbocycles. The molecule has 0 radical (unpaired) electrons. The van der Waals surface area contributed by atoms with Crippen molar-refractivity contribution in [2.45, 2.75) is 32.4 Å². The van der Waals surface area contributed by atoms with Gasteiger partial charge in [-0.25, -0.2) is 17.6 Å². The van der Waals surface area contributed by atoms with E-state index >= 15 is 0 Å². The summed E-state index contributed by atoms with van der Waals surface area (Å²) in [4.78, 5) is 39.1. The number of primary amides is 1. The van der Waals surface area contributed by atoms with Gasteiger partial charge in [0.05, 0.1) is 12.0 Å². The number of nitrogens with zero attached hydrogens (tertiary/aromatic N) is 1. The molecule has 3 aromatic rings. The number of rotatable bonds is 6. The van der Waals surface area contributed by atoms with E-state index in [9.17, 15) is 31.9 Å². The van der Waals surface area contributed by atoms with Crippen molar-refractivity contribution in [2.24, 2.45) is 5.73 Å². The highest BCUT2D eigenvalue weighted by molar-refractivity contribution is 6.09. The molecule has 36 heavy (non-hydrogen) atoms. The van der Waals surface area contributed by atoms with Crippen LogP contribution in [0.1, 0.15) is 51.3 Å². The van der Waals surface area contributed by atoms with Crippen LogP contribution in [0.15, 0.2) is 48.5 Å². The molecule has 10 heteroatoms. The Balaban J connectivity index is 1.66. The molecule has 3 N–H and O–H groups in total. The fraction of sp³-hybridized carbons (Fsp3) is 0.192. The zero-order chi connectivity index (χ0) is 26.4. The minimum Gasteiger partial charge on any atom is -0.366 e. The largest absolute Gasteiger partial charge is 0.366 e. The van der Waals surface area contributed by atoms with Crippen molar-refractivity contribution in [3.63, 3.8) is 0 Å². The summed E-state index contributed by atoms with van der Waals surface area (Å²) < 4.78 is 55.6. The van der Waals surface area contributed by atoms with Gasteiger partial charge in [0.15, 0.2) is 0 Å². The standard InChI is InChI=1S/C26H21F4N3O3/c1-26(2)18-7-6-13(24(35)32-11-16-20(29)9-14(27)10-21(16)30)8-22(18)33(25(26)36)12-17-15(23(31)34)4-3-5-19(17)28/h3-10H,11-12H2,1-2H3,(H2,31,34)(H,32,35). The lowest BCUT2D eigenvalue weighted by Gasteiger charge is -2.22. The van der Waals surface area contributed by atoms with Crippen LogP contribution in [0.2, 0.25) is 0 Å². The molecule has 0 bridgehead atoms. The van der Waals surface area contributed by atoms with Crippen LogP contribution in [-0.2, 0) is 23.3 Å². The quantitative estimate of drug-likeness (QED) is 0.501. The van der Waals surface area contributed by atoms with Crippen molar-refractivity contribution in [2.75, 3.05) is 4.90 Å². The van der Waals surface area contributed by atoms with Crippen molar-refractivity contribution in [1.82, 2.24) is 5.32 Å². The number of hydrogen-bond donors (Lipinski definition) is 2. The van der Waals surface area contributed by atoms with Gasteiger partial charge in [0, 0.05) is 46.6 Å². The third-order valence-electron chi connectivity index (χ3n) is 6.24. The normalized spacial score (nSPS) is 14.1. The van der Waals surface area contributed by atoms with E-state index in [4.69, 9.17) is 5.73 Å². The number of carbonyl (C=O) groups is 3. The predicted molar refractivity (Wildman–Crippen MR) is 123 cm³/mol. The summed E-state index contributed by atoms with van der Waals surface area (Å²) in [5.74, 6) is -6.04. The summed E-state index contributed by atoms with van der Waals surface area (Å²) >= 11 is 0. The second-order valence-corrected chi connectivity index (χ2v) is 8.91. The average Bonchev–Trinajstić information content (AvgIpc) is 2.99. The van der Waals surface area contributed by atoms with E-state index < -0.39 is 52.6 Å². The molecule has 3 aromatic carbocycles. The summed E-state index contributed by atoms with van der Waals surface area (Å²) in [6.45, 7) is 2.49. The molecular formula is C26H21F4N3O3. The fourth-order valence-electron chi connectivity index (χ4n) is 4.26. The van der Waals surface area contributed by atoms with Gasteiger partial charge in [-0.1, -0.05) is 12.1 Å². The average molecular weight is 499 g/mol. The van der Waals surface area contributed by atoms with Crippen LogP contribution in [-0.4, -0.2) is 17.7 Å². The highest BCUT2D eigenvalue weighted by Crippen LogP contribution is 2.43. The Morgan fingerprint density at radius 3 is 2.25 bits per heavy atom. The predicted octanol–water partition coefficient (Wildman–Crippen LogP) is 4.10. The minimum absolute atomic E-state index is 0.0656. The molecular weight excluding hydrogens is 478 g/mol. The molecule has 1 aliphatic rings. The van der Waals surface area contributed by atoms with Crippen molar-refractivity contribution >= 4 is 23.4 Å². The van der Waals surface area contributed by atoms with Gasteiger partial charge in [-0.2, -0.15) is 0 Å². The molecule has 1 aliphatic heterocycles. The number of anilines is 1. The monoisotopic (exact) mass is 499 g/mol. The fourth-order valence-corrected chi connectivity index (χ4v) is 4.26. The molecule has 3 amide bonds. The Kier molecular flexibility index (Phi) is 6.30. The molecule has 0 saturated carbocycles. The first-order valence-corrected chi connectivity index (χ1v) is 10.9. The molecule has 186 valence electrons. The number of nitrogens with one attached hydrogen (secondary N) is 1. The Morgan fingerprint density at radius 1 is 0.944 bits per heavy atom. The highest BCUT2D eigenvalue weighted by Gasteiger charge is 2.44. The number of halogens is 4. The van der Waals surface area contributed by atoms with E-state index in [0.717, 1.165) is 6.07 Å². The molecule has 0 fully saturated rings. The molecule has 1 heterocycles. The van der Waals surface area contributed by atoms with Gasteiger partial charge < -0.3 is 16.0 Å². The van der Waals surface area contributed by atoms with Crippen molar-refractivity contribution in [3.05, 3.63) is 99.6 Å². The van der Waals surface area contributed by atoms with Crippen LogP contribution in [0.4, 0.5) is 23.2 Å². The summed E-state index contributed by atoms with van der Waals surface area (Å²) in [6, 6.07) is 9.26. The van der Waals surface area contributed by atoms with Crippen LogP contribution < -0.4 is 16.0 Å². The summed E-state index contributed by atoms with van der Waals surface area (Å²) in [5.41, 5.74) is 4.66. The van der Waals surface area contributed by atoms with Gasteiger partial charge in [0.2, 0.25) is 11.8 Å². The minimum atomic E-state index is -1.14. The molecule has 0 saturated heterocycles. The number of carbonyl (C=O) groups excluding carboxylic acids is 3. The van der Waals surface area contributed by atoms with Gasteiger partial charge in [-0.3, -0.25) is 14.4 Å². The van der Waals surface area contributed by atoms with Crippen molar-refractivity contribution in [1.29, 1.82) is 0 Å². The number of hydrogen-bond acceptors (Lipinski definition) is 3. The van der Waals surface area contributed by atoms with Gasteiger partial charge in [0.1, 0.15) is 23.3 Å². The third kappa shape index (κ3) is 4.30. The first-order chi connectivity index (χ1) is 16.9. The second kappa shape index (κ2) is 9.10. The molecule has 6 nitrogen and oxygen atoms in total. The van der Waals surface area contributed by atoms with Gasteiger partial charge in [-0.15, -0.1) is 0 Å². The van der Waals surface area contributed by atoms with Crippen LogP contribution >= 0.6 is 0 Å². The maximum absolute atomic E-state index is 14.6. The Morgan fingerprint density at radius 2 is 1.61 bits per heavy atom. The topological polar surface area (TPSA) is 92.5 Å². The van der Waals surface area contributed by atoms with E-state index in [2.05, 4.69) is 5.32 Å². The zero-order valence-electron chi connectivity index (χ0n) is 19.3. The number of nitrogens with two attached hydrogens (primary N) is 1. The van der Waals surface area contributed by atoms with Crippen LogP contribution in [0.3, 0.4) is 0 Å².